The van der Waals surface area contributed by atoms with Gasteiger partial charge < -0.3 is 0 Å². The van der Waals surface area contributed by atoms with Crippen molar-refractivity contribution < 1.29 is 9.59 Å². The molecule has 8 nitrogen and oxygen atoms in total. The average Bonchev–Trinajstić information content (AvgIpc) is 2.49. The molecule has 0 spiro atoms. The quantitative estimate of drug-likeness (QED) is 0.581. The van der Waals surface area contributed by atoms with Crippen LogP contribution in [0.2, 0.25) is 0 Å². The topological polar surface area (TPSA) is 130 Å². The molecule has 0 bridgehead atoms. The highest BCUT2D eigenvalue weighted by molar-refractivity contribution is 5.86. The number of hydrogen-bond donors (Lipinski definition) is 2. The second-order valence-electron chi connectivity index (χ2n) is 3.92. The number of carbonyl (C=O) groups excluding carboxylic acids is 2. The van der Waals surface area contributed by atoms with Crippen LogP contribution >= 0.6 is 0 Å². The third-order valence-corrected chi connectivity index (χ3v) is 2.22. The van der Waals surface area contributed by atoms with E-state index in [9.17, 15) is 9.59 Å². The predicted molar refractivity (Wildman–Crippen MR) is 78.4 cm³/mol. The van der Waals surface area contributed by atoms with E-state index in [0.29, 0.717) is 0 Å². The lowest BCUT2D eigenvalue weighted by atomic mass is 10.2. The van der Waals surface area contributed by atoms with Crippen molar-refractivity contribution in [3.8, 4) is 12.1 Å². The molecule has 8 heteroatoms. The van der Waals surface area contributed by atoms with E-state index in [4.69, 9.17) is 10.5 Å². The Labute approximate surface area is 126 Å². The van der Waals surface area contributed by atoms with Gasteiger partial charge in [-0.2, -0.15) is 20.7 Å². The SMILES string of the molecule is N#CCC(=O)N/N=C\c1ccc(/C=N\NC(=O)CC#N)cc1. The van der Waals surface area contributed by atoms with Gasteiger partial charge in [-0.05, 0) is 11.1 Å². The Bertz CT molecular complexity index is 605. The van der Waals surface area contributed by atoms with Gasteiger partial charge in [0.15, 0.2) is 0 Å². The van der Waals surface area contributed by atoms with Crippen molar-refractivity contribution in [2.75, 3.05) is 0 Å². The fourth-order valence-electron chi connectivity index (χ4n) is 1.25. The van der Waals surface area contributed by atoms with Crippen molar-refractivity contribution in [3.63, 3.8) is 0 Å². The lowest BCUT2D eigenvalue weighted by Gasteiger charge is -1.97. The highest BCUT2D eigenvalue weighted by atomic mass is 16.2. The summed E-state index contributed by atoms with van der Waals surface area (Å²) in [5, 5.41) is 24.0. The monoisotopic (exact) mass is 296 g/mol. The molecule has 0 atom stereocenters. The van der Waals surface area contributed by atoms with Crippen LogP contribution in [0.3, 0.4) is 0 Å². The van der Waals surface area contributed by atoms with Gasteiger partial charge in [0.05, 0.1) is 24.6 Å². The summed E-state index contributed by atoms with van der Waals surface area (Å²) >= 11 is 0. The number of carbonyl (C=O) groups is 2. The third-order valence-electron chi connectivity index (χ3n) is 2.22. The standard InChI is InChI=1S/C14H12N6O2/c15-7-5-13(21)19-17-9-11-1-2-12(4-3-11)10-18-20-14(22)6-8-16/h1-4,9-10H,5-6H2,(H,19,21)(H,20,22)/b17-9-,18-10-. The molecule has 0 aliphatic heterocycles. The van der Waals surface area contributed by atoms with Crippen molar-refractivity contribution in [2.45, 2.75) is 12.8 Å². The zero-order valence-corrected chi connectivity index (χ0v) is 11.5. The fourth-order valence-corrected chi connectivity index (χ4v) is 1.25. The van der Waals surface area contributed by atoms with Gasteiger partial charge in [-0.1, -0.05) is 24.3 Å². The first-order valence-electron chi connectivity index (χ1n) is 6.13. The Balaban J connectivity index is 2.50. The largest absolute Gasteiger partial charge is 0.272 e. The molecular formula is C14H12N6O2. The number of hydrogen-bond acceptors (Lipinski definition) is 6. The first kappa shape index (κ1) is 16.5. The summed E-state index contributed by atoms with van der Waals surface area (Å²) in [5.41, 5.74) is 5.90. The molecule has 1 rings (SSSR count). The van der Waals surface area contributed by atoms with Crippen molar-refractivity contribution in [1.29, 1.82) is 10.5 Å². The third kappa shape index (κ3) is 6.59. The van der Waals surface area contributed by atoms with Crippen LogP contribution in [0.1, 0.15) is 24.0 Å². The number of amides is 2. The van der Waals surface area contributed by atoms with Gasteiger partial charge in [0, 0.05) is 0 Å². The summed E-state index contributed by atoms with van der Waals surface area (Å²) in [6, 6.07) is 10.4. The summed E-state index contributed by atoms with van der Waals surface area (Å²) in [5.74, 6) is -0.953. The lowest BCUT2D eigenvalue weighted by molar-refractivity contribution is -0.120. The van der Waals surface area contributed by atoms with Gasteiger partial charge in [0.2, 0.25) is 0 Å². The summed E-state index contributed by atoms with van der Waals surface area (Å²) < 4.78 is 0. The molecule has 22 heavy (non-hydrogen) atoms. The Hall–Kier alpha value is -3.52. The van der Waals surface area contributed by atoms with E-state index in [-0.39, 0.29) is 12.8 Å². The Kier molecular flexibility index (Phi) is 7.06. The summed E-state index contributed by atoms with van der Waals surface area (Å²) in [6.07, 6.45) is 2.38. The lowest BCUT2D eigenvalue weighted by Crippen LogP contribution is -2.16. The smallest absolute Gasteiger partial charge is 0.254 e. The van der Waals surface area contributed by atoms with Gasteiger partial charge >= 0.3 is 0 Å². The minimum absolute atomic E-state index is 0.246. The maximum atomic E-state index is 11.0. The summed E-state index contributed by atoms with van der Waals surface area (Å²) in [4.78, 5) is 22.0. The van der Waals surface area contributed by atoms with Gasteiger partial charge in [-0.3, -0.25) is 9.59 Å². The second-order valence-corrected chi connectivity index (χ2v) is 3.92. The molecule has 0 unspecified atom stereocenters. The second kappa shape index (κ2) is 9.39. The maximum absolute atomic E-state index is 11.0. The molecular weight excluding hydrogens is 284 g/mol. The Morgan fingerprint density at radius 3 is 1.59 bits per heavy atom. The van der Waals surface area contributed by atoms with E-state index in [1.54, 1.807) is 36.4 Å². The van der Waals surface area contributed by atoms with Crippen molar-refractivity contribution >= 4 is 24.2 Å². The Morgan fingerprint density at radius 1 is 0.909 bits per heavy atom. The van der Waals surface area contributed by atoms with Crippen molar-refractivity contribution in [1.82, 2.24) is 10.9 Å². The predicted octanol–water partition coefficient (Wildman–Crippen LogP) is 0.414. The van der Waals surface area contributed by atoms with Crippen molar-refractivity contribution in [2.24, 2.45) is 10.2 Å². The van der Waals surface area contributed by atoms with E-state index < -0.39 is 11.8 Å². The van der Waals surface area contributed by atoms with E-state index in [1.165, 1.54) is 12.4 Å². The van der Waals surface area contributed by atoms with Crippen LogP contribution in [-0.2, 0) is 9.59 Å². The first-order chi connectivity index (χ1) is 10.7. The Morgan fingerprint density at radius 2 is 1.27 bits per heavy atom. The van der Waals surface area contributed by atoms with Crippen molar-refractivity contribution in [3.05, 3.63) is 35.4 Å². The van der Waals surface area contributed by atoms with Gasteiger partial charge in [-0.15, -0.1) is 0 Å². The van der Waals surface area contributed by atoms with Gasteiger partial charge in [0.25, 0.3) is 11.8 Å². The highest BCUT2D eigenvalue weighted by Gasteiger charge is 1.97. The van der Waals surface area contributed by atoms with Gasteiger partial charge in [0.1, 0.15) is 12.8 Å². The van der Waals surface area contributed by atoms with E-state index in [0.717, 1.165) is 11.1 Å². The normalized spacial score (nSPS) is 10.1. The van der Waals surface area contributed by atoms with E-state index >= 15 is 0 Å². The molecule has 0 aromatic heterocycles. The first-order valence-corrected chi connectivity index (χ1v) is 6.13. The molecule has 0 heterocycles. The van der Waals surface area contributed by atoms with E-state index in [2.05, 4.69) is 21.1 Å². The number of nitriles is 2. The molecule has 2 amide bonds. The molecule has 0 aliphatic rings. The van der Waals surface area contributed by atoms with Crippen LogP contribution < -0.4 is 10.9 Å². The molecule has 0 radical (unpaired) electrons. The number of hydrazone groups is 2. The molecule has 0 saturated carbocycles. The zero-order chi connectivity index (χ0) is 16.2. The number of rotatable bonds is 6. The maximum Gasteiger partial charge on any atom is 0.254 e. The minimum atomic E-state index is -0.476. The number of nitrogens with one attached hydrogen (secondary N) is 2. The molecule has 0 aliphatic carbocycles. The number of benzene rings is 1. The van der Waals surface area contributed by atoms with E-state index in [1.807, 2.05) is 0 Å². The summed E-state index contributed by atoms with van der Waals surface area (Å²) in [6.45, 7) is 0. The molecule has 2 N–H and O–H groups in total. The molecule has 1 aromatic rings. The van der Waals surface area contributed by atoms with Gasteiger partial charge in [-0.25, -0.2) is 10.9 Å². The van der Waals surface area contributed by atoms with Crippen LogP contribution in [0.15, 0.2) is 34.5 Å². The fraction of sp³-hybridized carbons (Fsp3) is 0.143. The van der Waals surface area contributed by atoms with Crippen LogP contribution in [0.5, 0.6) is 0 Å². The number of nitrogens with zero attached hydrogens (tertiary/aromatic N) is 4. The van der Waals surface area contributed by atoms with Crippen LogP contribution in [0.25, 0.3) is 0 Å². The van der Waals surface area contributed by atoms with Crippen LogP contribution in [0, 0.1) is 22.7 Å². The minimum Gasteiger partial charge on any atom is -0.272 e. The molecule has 110 valence electrons. The van der Waals surface area contributed by atoms with Crippen LogP contribution in [0.4, 0.5) is 0 Å². The molecule has 0 fully saturated rings. The average molecular weight is 296 g/mol. The van der Waals surface area contributed by atoms with Crippen LogP contribution in [-0.4, -0.2) is 24.2 Å². The molecule has 1 aromatic carbocycles. The molecule has 0 saturated heterocycles. The highest BCUT2D eigenvalue weighted by Crippen LogP contribution is 2.00. The summed E-state index contributed by atoms with van der Waals surface area (Å²) in [7, 11) is 0. The zero-order valence-electron chi connectivity index (χ0n) is 11.5.